The van der Waals surface area contributed by atoms with Crippen LogP contribution in [0.25, 0.3) is 0 Å². The lowest BCUT2D eigenvalue weighted by molar-refractivity contribution is 0.0224. The summed E-state index contributed by atoms with van der Waals surface area (Å²) in [6.45, 7) is 7.33. The van der Waals surface area contributed by atoms with Gasteiger partial charge in [-0.1, -0.05) is 50.1 Å². The quantitative estimate of drug-likeness (QED) is 0.197. The number of nitrogens with zero attached hydrogens (tertiary/aromatic N) is 1. The number of fused-ring (bicyclic) bond motifs is 6. The highest BCUT2D eigenvalue weighted by atomic mass is 16.6. The third kappa shape index (κ3) is 4.22. The normalized spacial score (nSPS) is 16.7. The minimum atomic E-state index is -1.09. The largest absolute Gasteiger partial charge is 0.456 e. The predicted molar refractivity (Wildman–Crippen MR) is 157 cm³/mol. The van der Waals surface area contributed by atoms with Crippen molar-refractivity contribution in [3.05, 3.63) is 112 Å². The highest BCUT2D eigenvalue weighted by Gasteiger charge is 2.53. The van der Waals surface area contributed by atoms with E-state index in [1.54, 1.807) is 0 Å². The maximum atomic E-state index is 13.3. The molecule has 1 spiro atoms. The summed E-state index contributed by atoms with van der Waals surface area (Å²) in [5, 5.41) is 3.57. The lowest BCUT2D eigenvalue weighted by Gasteiger charge is -2.37. The van der Waals surface area contributed by atoms with Crippen LogP contribution in [0.3, 0.4) is 0 Å². The van der Waals surface area contributed by atoms with E-state index in [0.29, 0.717) is 17.1 Å². The van der Waals surface area contributed by atoms with Gasteiger partial charge in [0.1, 0.15) is 11.5 Å². The number of benzene rings is 4. The molecule has 6 rings (SSSR count). The zero-order valence-electron chi connectivity index (χ0n) is 23.0. The van der Waals surface area contributed by atoms with E-state index >= 15 is 0 Å². The Bertz CT molecular complexity index is 1580. The highest BCUT2D eigenvalue weighted by molar-refractivity contribution is 5.97. The number of carbonyl (C=O) groups excluding carboxylic acids is 1. The van der Waals surface area contributed by atoms with E-state index in [1.165, 1.54) is 18.4 Å². The van der Waals surface area contributed by atoms with E-state index < -0.39 is 5.60 Å². The van der Waals surface area contributed by atoms with Crippen LogP contribution in [-0.2, 0) is 10.3 Å². The van der Waals surface area contributed by atoms with Crippen LogP contribution in [0.4, 0.5) is 17.1 Å². The zero-order valence-corrected chi connectivity index (χ0v) is 23.0. The van der Waals surface area contributed by atoms with Crippen molar-refractivity contribution < 1.29 is 14.3 Å². The number of anilines is 3. The second-order valence-corrected chi connectivity index (χ2v) is 10.7. The molecule has 1 unspecified atom stereocenters. The van der Waals surface area contributed by atoms with Crippen molar-refractivity contribution in [1.29, 1.82) is 0 Å². The predicted octanol–water partition coefficient (Wildman–Crippen LogP) is 8.24. The maximum absolute atomic E-state index is 13.3. The number of ether oxygens (including phenoxy) is 2. The molecule has 4 aromatic rings. The molecule has 2 aliphatic rings. The average molecular weight is 519 g/mol. The third-order valence-corrected chi connectivity index (χ3v) is 7.88. The van der Waals surface area contributed by atoms with Crippen LogP contribution in [0, 0.1) is 13.8 Å². The molecular weight excluding hydrogens is 484 g/mol. The Balaban J connectivity index is 1.50. The molecule has 0 fully saturated rings. The van der Waals surface area contributed by atoms with Crippen molar-refractivity contribution in [3.63, 3.8) is 0 Å². The van der Waals surface area contributed by atoms with Crippen LogP contribution >= 0.6 is 0 Å². The van der Waals surface area contributed by atoms with Crippen LogP contribution in [0.1, 0.15) is 64.4 Å². The Morgan fingerprint density at radius 2 is 1.67 bits per heavy atom. The van der Waals surface area contributed by atoms with Gasteiger partial charge in [0.25, 0.3) is 0 Å². The van der Waals surface area contributed by atoms with E-state index in [2.05, 4.69) is 80.5 Å². The Hall–Kier alpha value is -4.25. The summed E-state index contributed by atoms with van der Waals surface area (Å²) in [6, 6.07) is 26.3. The number of nitrogens with one attached hydrogen (secondary N) is 1. The van der Waals surface area contributed by atoms with E-state index in [-0.39, 0.29) is 5.97 Å². The molecule has 0 bridgehead atoms. The van der Waals surface area contributed by atoms with Crippen LogP contribution in [-0.4, -0.2) is 19.6 Å². The molecule has 198 valence electrons. The molecule has 0 aromatic heterocycles. The van der Waals surface area contributed by atoms with Gasteiger partial charge in [-0.05, 0) is 73.9 Å². The second kappa shape index (κ2) is 9.81. The lowest BCUT2D eigenvalue weighted by atomic mass is 9.77. The number of carbonyl (C=O) groups is 1. The molecule has 1 atom stereocenters. The first-order valence-electron chi connectivity index (χ1n) is 13.8. The fourth-order valence-electron chi connectivity index (χ4n) is 5.79. The molecule has 39 heavy (non-hydrogen) atoms. The standard InChI is InChI=1S/C34H34N2O3/c1-5-6-9-17-36(4)25-15-16-28-32(20-25)38-31-19-23(3)30(35-24-12-10-11-22(2)18-24)21-29(31)34(28)27-14-8-7-13-26(27)33(37)39-34/h7-8,10-16,18-21,35H,5-6,9,17H2,1-4H3. The molecule has 0 aliphatic carbocycles. The molecule has 2 heterocycles. The number of rotatable bonds is 7. The van der Waals surface area contributed by atoms with E-state index in [9.17, 15) is 4.79 Å². The Labute approximate surface area is 230 Å². The smallest absolute Gasteiger partial charge is 0.340 e. The summed E-state index contributed by atoms with van der Waals surface area (Å²) < 4.78 is 13.0. The molecule has 1 N–H and O–H groups in total. The first kappa shape index (κ1) is 25.1. The van der Waals surface area contributed by atoms with Crippen molar-refractivity contribution in [2.45, 2.75) is 45.6 Å². The highest BCUT2D eigenvalue weighted by Crippen LogP contribution is 2.57. The van der Waals surface area contributed by atoms with Gasteiger partial charge in [0.15, 0.2) is 5.60 Å². The first-order valence-corrected chi connectivity index (χ1v) is 13.8. The van der Waals surface area contributed by atoms with E-state index in [0.717, 1.165) is 52.3 Å². The van der Waals surface area contributed by atoms with Gasteiger partial charge in [-0.15, -0.1) is 0 Å². The fourth-order valence-corrected chi connectivity index (χ4v) is 5.79. The van der Waals surface area contributed by atoms with Crippen molar-refractivity contribution in [3.8, 4) is 11.5 Å². The fraction of sp³-hybridized carbons (Fsp3) is 0.265. The number of hydrogen-bond donors (Lipinski definition) is 1. The van der Waals surface area contributed by atoms with Gasteiger partial charge in [0.05, 0.1) is 5.56 Å². The second-order valence-electron chi connectivity index (χ2n) is 10.7. The summed E-state index contributed by atoms with van der Waals surface area (Å²) in [4.78, 5) is 15.5. The van der Waals surface area contributed by atoms with Crippen LogP contribution in [0.2, 0.25) is 0 Å². The SMILES string of the molecule is CCCCCN(C)c1ccc2c(c1)Oc1cc(C)c(Nc3cccc(C)c3)cc1C21OC(=O)c2ccccc21. The Kier molecular flexibility index (Phi) is 6.30. The minimum Gasteiger partial charge on any atom is -0.456 e. The average Bonchev–Trinajstić information content (AvgIpc) is 3.22. The van der Waals surface area contributed by atoms with Gasteiger partial charge in [-0.2, -0.15) is 0 Å². The van der Waals surface area contributed by atoms with E-state index in [4.69, 9.17) is 9.47 Å². The van der Waals surface area contributed by atoms with Crippen LogP contribution < -0.4 is 15.0 Å². The van der Waals surface area contributed by atoms with Gasteiger partial charge in [-0.3, -0.25) is 0 Å². The Morgan fingerprint density at radius 1 is 0.846 bits per heavy atom. The van der Waals surface area contributed by atoms with Crippen LogP contribution in [0.5, 0.6) is 11.5 Å². The zero-order chi connectivity index (χ0) is 27.1. The summed E-state index contributed by atoms with van der Waals surface area (Å²) in [6.07, 6.45) is 3.52. The van der Waals surface area contributed by atoms with Crippen LogP contribution in [0.15, 0.2) is 78.9 Å². The monoisotopic (exact) mass is 518 g/mol. The molecule has 0 saturated carbocycles. The van der Waals surface area contributed by atoms with Crippen molar-refractivity contribution in [2.24, 2.45) is 0 Å². The molecular formula is C34H34N2O3. The number of unbranched alkanes of at least 4 members (excludes halogenated alkanes) is 2. The molecule has 4 aromatic carbocycles. The van der Waals surface area contributed by atoms with Crippen molar-refractivity contribution in [2.75, 3.05) is 23.8 Å². The van der Waals surface area contributed by atoms with Crippen molar-refractivity contribution in [1.82, 2.24) is 0 Å². The summed E-state index contributed by atoms with van der Waals surface area (Å²) in [5.74, 6) is 1.09. The first-order chi connectivity index (χ1) is 18.9. The molecule has 0 saturated heterocycles. The third-order valence-electron chi connectivity index (χ3n) is 7.88. The summed E-state index contributed by atoms with van der Waals surface area (Å²) in [7, 11) is 2.11. The van der Waals surface area contributed by atoms with Gasteiger partial charge in [-0.25, -0.2) is 4.79 Å². The topological polar surface area (TPSA) is 50.8 Å². The van der Waals surface area contributed by atoms with Gasteiger partial charge < -0.3 is 19.7 Å². The molecule has 2 aliphatic heterocycles. The lowest BCUT2D eigenvalue weighted by Crippen LogP contribution is -2.33. The van der Waals surface area contributed by atoms with Gasteiger partial charge in [0, 0.05) is 53.4 Å². The number of esters is 1. The van der Waals surface area contributed by atoms with E-state index in [1.807, 2.05) is 36.4 Å². The number of hydrogen-bond acceptors (Lipinski definition) is 5. The minimum absolute atomic E-state index is 0.320. The Morgan fingerprint density at radius 3 is 2.49 bits per heavy atom. The molecule has 5 nitrogen and oxygen atoms in total. The molecule has 0 amide bonds. The molecule has 0 radical (unpaired) electrons. The maximum Gasteiger partial charge on any atom is 0.340 e. The number of aryl methyl sites for hydroxylation is 2. The van der Waals surface area contributed by atoms with Gasteiger partial charge in [0.2, 0.25) is 0 Å². The van der Waals surface area contributed by atoms with Gasteiger partial charge >= 0.3 is 5.97 Å². The summed E-state index contributed by atoms with van der Waals surface area (Å²) >= 11 is 0. The summed E-state index contributed by atoms with van der Waals surface area (Å²) in [5.41, 5.74) is 7.24. The van der Waals surface area contributed by atoms with Crippen molar-refractivity contribution >= 4 is 23.0 Å². The molecule has 5 heteroatoms.